The summed E-state index contributed by atoms with van der Waals surface area (Å²) in [6, 6.07) is 7.43. The van der Waals surface area contributed by atoms with Crippen molar-refractivity contribution in [3.63, 3.8) is 0 Å². The molecule has 0 spiro atoms. The van der Waals surface area contributed by atoms with Gasteiger partial charge in [0.15, 0.2) is 10.9 Å². The molecule has 1 aliphatic heterocycles. The van der Waals surface area contributed by atoms with Gasteiger partial charge in [-0.15, -0.1) is 0 Å². The fourth-order valence-electron chi connectivity index (χ4n) is 2.51. The lowest BCUT2D eigenvalue weighted by Crippen LogP contribution is -2.31. The molecule has 0 fully saturated rings. The van der Waals surface area contributed by atoms with Gasteiger partial charge in [0, 0.05) is 17.9 Å². The SMILES string of the molecule is CC1CC(=O)NN=C1c1ccc(NC(=O)Oc2ccc(Cl)nc2Cl)c(O)c1. The fraction of sp³-hybridized carbons (Fsp3) is 0.176. The maximum Gasteiger partial charge on any atom is 0.417 e. The summed E-state index contributed by atoms with van der Waals surface area (Å²) < 4.78 is 5.05. The Bertz CT molecular complexity index is 949. The highest BCUT2D eigenvalue weighted by Crippen LogP contribution is 2.28. The quantitative estimate of drug-likeness (QED) is 0.530. The smallest absolute Gasteiger partial charge is 0.417 e. The maximum atomic E-state index is 12.0. The van der Waals surface area contributed by atoms with Crippen LogP contribution in [0.4, 0.5) is 10.5 Å². The van der Waals surface area contributed by atoms with Crippen molar-refractivity contribution in [2.75, 3.05) is 5.32 Å². The molecular weight excluding hydrogens is 395 g/mol. The van der Waals surface area contributed by atoms with Gasteiger partial charge in [0.1, 0.15) is 10.9 Å². The van der Waals surface area contributed by atoms with E-state index in [1.54, 1.807) is 6.07 Å². The Balaban J connectivity index is 1.72. The maximum absolute atomic E-state index is 12.0. The minimum absolute atomic E-state index is 0.0239. The van der Waals surface area contributed by atoms with E-state index < -0.39 is 6.09 Å². The largest absolute Gasteiger partial charge is 0.506 e. The lowest BCUT2D eigenvalue weighted by atomic mass is 9.94. The molecule has 1 atom stereocenters. The molecule has 0 bridgehead atoms. The van der Waals surface area contributed by atoms with E-state index in [1.807, 2.05) is 6.92 Å². The molecule has 0 saturated heterocycles. The molecule has 0 aliphatic carbocycles. The molecule has 140 valence electrons. The Morgan fingerprint density at radius 3 is 2.78 bits per heavy atom. The van der Waals surface area contributed by atoms with Gasteiger partial charge in [0.05, 0.1) is 11.4 Å². The molecular formula is C17H14Cl2N4O4. The lowest BCUT2D eigenvalue weighted by molar-refractivity contribution is -0.121. The number of hydrazone groups is 1. The summed E-state index contributed by atoms with van der Waals surface area (Å²) in [6.07, 6.45) is -0.554. The fourth-order valence-corrected chi connectivity index (χ4v) is 2.89. The van der Waals surface area contributed by atoms with E-state index in [4.69, 9.17) is 27.9 Å². The van der Waals surface area contributed by atoms with Gasteiger partial charge in [0.25, 0.3) is 0 Å². The Morgan fingerprint density at radius 1 is 1.33 bits per heavy atom. The number of carbonyl (C=O) groups is 2. The van der Waals surface area contributed by atoms with Crippen LogP contribution in [0.1, 0.15) is 18.9 Å². The van der Waals surface area contributed by atoms with Gasteiger partial charge in [-0.3, -0.25) is 10.1 Å². The summed E-state index contributed by atoms with van der Waals surface area (Å²) in [7, 11) is 0. The first-order chi connectivity index (χ1) is 12.8. The van der Waals surface area contributed by atoms with E-state index in [2.05, 4.69) is 20.8 Å². The second-order valence-corrected chi connectivity index (χ2v) is 6.55. The van der Waals surface area contributed by atoms with Crippen molar-refractivity contribution in [3.05, 3.63) is 46.2 Å². The Labute approximate surface area is 164 Å². The Hall–Kier alpha value is -2.84. The molecule has 10 heteroatoms. The minimum Gasteiger partial charge on any atom is -0.506 e. The van der Waals surface area contributed by atoms with Crippen molar-refractivity contribution in [1.29, 1.82) is 0 Å². The highest BCUT2D eigenvalue weighted by molar-refractivity contribution is 6.33. The average Bonchev–Trinajstić information content (AvgIpc) is 2.59. The third-order valence-electron chi connectivity index (χ3n) is 3.77. The van der Waals surface area contributed by atoms with Crippen LogP contribution in [-0.2, 0) is 4.79 Å². The van der Waals surface area contributed by atoms with Crippen molar-refractivity contribution in [2.45, 2.75) is 13.3 Å². The number of aromatic hydroxyl groups is 1. The minimum atomic E-state index is -0.861. The van der Waals surface area contributed by atoms with E-state index in [0.29, 0.717) is 17.7 Å². The molecule has 3 N–H and O–H groups in total. The van der Waals surface area contributed by atoms with E-state index >= 15 is 0 Å². The van der Waals surface area contributed by atoms with Crippen molar-refractivity contribution in [1.82, 2.24) is 10.4 Å². The second kappa shape index (κ2) is 7.81. The number of aromatic nitrogens is 1. The number of rotatable bonds is 3. The molecule has 0 radical (unpaired) electrons. The number of phenols is 1. The summed E-state index contributed by atoms with van der Waals surface area (Å²) in [6.45, 7) is 1.86. The number of amides is 2. The number of pyridine rings is 1. The summed E-state index contributed by atoms with van der Waals surface area (Å²) in [5, 5.41) is 16.7. The number of carbonyl (C=O) groups excluding carboxylic acids is 2. The molecule has 3 rings (SSSR count). The van der Waals surface area contributed by atoms with Gasteiger partial charge in [-0.1, -0.05) is 36.2 Å². The van der Waals surface area contributed by atoms with Gasteiger partial charge in [-0.25, -0.2) is 15.2 Å². The Morgan fingerprint density at radius 2 is 2.11 bits per heavy atom. The first-order valence-electron chi connectivity index (χ1n) is 7.84. The third-order valence-corrected chi connectivity index (χ3v) is 4.25. The van der Waals surface area contributed by atoms with Crippen LogP contribution < -0.4 is 15.5 Å². The molecule has 1 unspecified atom stereocenters. The summed E-state index contributed by atoms with van der Waals surface area (Å²) >= 11 is 11.5. The van der Waals surface area contributed by atoms with Gasteiger partial charge >= 0.3 is 6.09 Å². The van der Waals surface area contributed by atoms with E-state index in [1.165, 1.54) is 24.3 Å². The average molecular weight is 409 g/mol. The number of nitrogens with one attached hydrogen (secondary N) is 2. The highest BCUT2D eigenvalue weighted by atomic mass is 35.5. The summed E-state index contributed by atoms with van der Waals surface area (Å²) in [4.78, 5) is 27.1. The number of nitrogens with zero attached hydrogens (tertiary/aromatic N) is 2. The predicted octanol–water partition coefficient (Wildman–Crippen LogP) is 3.57. The first kappa shape index (κ1) is 18.9. The molecule has 27 heavy (non-hydrogen) atoms. The van der Waals surface area contributed by atoms with Gasteiger partial charge in [0.2, 0.25) is 5.91 Å². The van der Waals surface area contributed by atoms with Crippen LogP contribution in [0.5, 0.6) is 11.5 Å². The molecule has 1 aliphatic rings. The number of hydrogen-bond donors (Lipinski definition) is 3. The zero-order chi connectivity index (χ0) is 19.6. The van der Waals surface area contributed by atoms with Crippen LogP contribution in [0.15, 0.2) is 35.4 Å². The number of phenolic OH excluding ortho intramolecular Hbond substituents is 1. The zero-order valence-electron chi connectivity index (χ0n) is 14.0. The number of hydrogen-bond acceptors (Lipinski definition) is 6. The third kappa shape index (κ3) is 4.47. The molecule has 1 aromatic carbocycles. The molecule has 2 heterocycles. The standard InChI is InChI=1S/C17H14Cl2N4O4/c1-8-6-14(25)22-23-15(8)9-2-3-10(11(24)7-9)20-17(26)27-12-4-5-13(18)21-16(12)19/h2-5,7-8,24H,6H2,1H3,(H,20,26)(H,22,25). The van der Waals surface area contributed by atoms with Crippen LogP contribution in [-0.4, -0.2) is 27.8 Å². The summed E-state index contributed by atoms with van der Waals surface area (Å²) in [5.74, 6) is -0.416. The normalized spacial score (nSPS) is 16.3. The van der Waals surface area contributed by atoms with E-state index in [-0.39, 0.29) is 39.3 Å². The first-order valence-corrected chi connectivity index (χ1v) is 8.59. The Kier molecular flexibility index (Phi) is 5.48. The second-order valence-electron chi connectivity index (χ2n) is 5.81. The number of ether oxygens (including phenoxy) is 1. The van der Waals surface area contributed by atoms with Gasteiger partial charge in [-0.2, -0.15) is 5.10 Å². The van der Waals surface area contributed by atoms with E-state index in [9.17, 15) is 14.7 Å². The molecule has 8 nitrogen and oxygen atoms in total. The van der Waals surface area contributed by atoms with Crippen LogP contribution in [0.2, 0.25) is 10.3 Å². The number of anilines is 1. The molecule has 2 aromatic rings. The van der Waals surface area contributed by atoms with Crippen LogP contribution >= 0.6 is 23.2 Å². The van der Waals surface area contributed by atoms with Gasteiger partial charge in [-0.05, 0) is 24.3 Å². The topological polar surface area (TPSA) is 113 Å². The monoisotopic (exact) mass is 408 g/mol. The van der Waals surface area contributed by atoms with Crippen LogP contribution in [0.25, 0.3) is 0 Å². The number of halogens is 2. The summed E-state index contributed by atoms with van der Waals surface area (Å²) in [5.41, 5.74) is 3.81. The van der Waals surface area contributed by atoms with Crippen LogP contribution in [0, 0.1) is 5.92 Å². The predicted molar refractivity (Wildman–Crippen MR) is 100 cm³/mol. The lowest BCUT2D eigenvalue weighted by Gasteiger charge is -2.19. The van der Waals surface area contributed by atoms with Crippen molar-refractivity contribution < 1.29 is 19.4 Å². The van der Waals surface area contributed by atoms with Crippen molar-refractivity contribution in [3.8, 4) is 11.5 Å². The molecule has 2 amide bonds. The van der Waals surface area contributed by atoms with Crippen LogP contribution in [0.3, 0.4) is 0 Å². The highest BCUT2D eigenvalue weighted by Gasteiger charge is 2.22. The molecule has 1 aromatic heterocycles. The zero-order valence-corrected chi connectivity index (χ0v) is 15.5. The van der Waals surface area contributed by atoms with E-state index in [0.717, 1.165) is 0 Å². The number of benzene rings is 1. The van der Waals surface area contributed by atoms with Crippen molar-refractivity contribution in [2.24, 2.45) is 11.0 Å². The molecule has 0 saturated carbocycles. The van der Waals surface area contributed by atoms with Gasteiger partial charge < -0.3 is 9.84 Å². The van der Waals surface area contributed by atoms with Crippen molar-refractivity contribution >= 4 is 46.6 Å².